The summed E-state index contributed by atoms with van der Waals surface area (Å²) in [5.41, 5.74) is 0. The highest BCUT2D eigenvalue weighted by atomic mass is 35.5. The van der Waals surface area contributed by atoms with Gasteiger partial charge in [-0.25, -0.2) is 13.1 Å². The number of hydrogen-bond donors (Lipinski definition) is 2. The van der Waals surface area contributed by atoms with E-state index >= 15 is 0 Å². The van der Waals surface area contributed by atoms with Crippen LogP contribution in [0.2, 0.25) is 5.02 Å². The van der Waals surface area contributed by atoms with Gasteiger partial charge in [0.05, 0.1) is 10.9 Å². The van der Waals surface area contributed by atoms with Crippen molar-refractivity contribution in [3.8, 4) is 0 Å². The molecule has 2 heterocycles. The van der Waals surface area contributed by atoms with E-state index in [0.717, 1.165) is 19.6 Å². The number of sulfonamides is 1. The molecule has 1 unspecified atom stereocenters. The second-order valence-corrected chi connectivity index (χ2v) is 8.06. The Bertz CT molecular complexity index is 826. The molecule has 2 aromatic rings. The summed E-state index contributed by atoms with van der Waals surface area (Å²) in [5.74, 6) is 1.02. The highest BCUT2D eigenvalue weighted by Crippen LogP contribution is 2.18. The zero-order valence-corrected chi connectivity index (χ0v) is 15.3. The molecule has 1 aromatic heterocycles. The summed E-state index contributed by atoms with van der Waals surface area (Å²) in [5, 5.41) is 7.68. The molecular formula is C15H20ClN5O3S. The van der Waals surface area contributed by atoms with Crippen molar-refractivity contribution in [2.45, 2.75) is 17.4 Å². The van der Waals surface area contributed by atoms with Crippen LogP contribution in [0.1, 0.15) is 17.8 Å². The van der Waals surface area contributed by atoms with Gasteiger partial charge in [0, 0.05) is 37.6 Å². The van der Waals surface area contributed by atoms with Crippen molar-refractivity contribution in [1.82, 2.24) is 25.1 Å². The highest BCUT2D eigenvalue weighted by molar-refractivity contribution is 7.89. The van der Waals surface area contributed by atoms with E-state index in [4.69, 9.17) is 16.1 Å². The molecule has 0 amide bonds. The first kappa shape index (κ1) is 18.3. The average molecular weight is 386 g/mol. The third kappa shape index (κ3) is 4.56. The lowest BCUT2D eigenvalue weighted by Gasteiger charge is -2.30. The van der Waals surface area contributed by atoms with Crippen LogP contribution in [0.4, 0.5) is 0 Å². The van der Waals surface area contributed by atoms with E-state index in [1.165, 1.54) is 12.1 Å². The van der Waals surface area contributed by atoms with Crippen LogP contribution in [0.25, 0.3) is 0 Å². The van der Waals surface area contributed by atoms with Crippen molar-refractivity contribution < 1.29 is 12.9 Å². The Kier molecular flexibility index (Phi) is 5.70. The molecule has 0 saturated carbocycles. The maximum atomic E-state index is 12.2. The lowest BCUT2D eigenvalue weighted by atomic mass is 10.2. The smallest absolute Gasteiger partial charge is 0.240 e. The molecule has 0 bridgehead atoms. The Hall–Kier alpha value is -1.52. The first-order valence-electron chi connectivity index (χ1n) is 7.94. The molecule has 10 heteroatoms. The van der Waals surface area contributed by atoms with Crippen LogP contribution < -0.4 is 10.0 Å². The van der Waals surface area contributed by atoms with Gasteiger partial charge in [-0.2, -0.15) is 4.98 Å². The number of benzene rings is 1. The van der Waals surface area contributed by atoms with Gasteiger partial charge in [0.1, 0.15) is 0 Å². The minimum atomic E-state index is -3.62. The van der Waals surface area contributed by atoms with Gasteiger partial charge in [0.2, 0.25) is 15.9 Å². The average Bonchev–Trinajstić information content (AvgIpc) is 3.04. The molecule has 1 aliphatic rings. The van der Waals surface area contributed by atoms with Crippen molar-refractivity contribution in [1.29, 1.82) is 0 Å². The summed E-state index contributed by atoms with van der Waals surface area (Å²) in [7, 11) is -1.60. The monoisotopic (exact) mass is 385 g/mol. The van der Waals surface area contributed by atoms with Crippen LogP contribution in [0.15, 0.2) is 33.7 Å². The minimum absolute atomic E-state index is 0.0643. The Labute approximate surface area is 151 Å². The lowest BCUT2D eigenvalue weighted by molar-refractivity contribution is 0.190. The summed E-state index contributed by atoms with van der Waals surface area (Å²) >= 11 is 5.83. The lowest BCUT2D eigenvalue weighted by Crippen LogP contribution is -2.44. The molecule has 2 N–H and O–H groups in total. The highest BCUT2D eigenvalue weighted by Gasteiger charge is 2.25. The van der Waals surface area contributed by atoms with Gasteiger partial charge in [-0.15, -0.1) is 0 Å². The fourth-order valence-electron chi connectivity index (χ4n) is 2.61. The minimum Gasteiger partial charge on any atom is -0.339 e. The molecule has 3 rings (SSSR count). The summed E-state index contributed by atoms with van der Waals surface area (Å²) in [4.78, 5) is 6.66. The summed E-state index contributed by atoms with van der Waals surface area (Å²) in [6, 6.07) is 6.17. The zero-order valence-electron chi connectivity index (χ0n) is 13.8. The fraction of sp³-hybridized carbons (Fsp3) is 0.467. The van der Waals surface area contributed by atoms with Gasteiger partial charge in [-0.3, -0.25) is 4.90 Å². The van der Waals surface area contributed by atoms with Gasteiger partial charge in [0.15, 0.2) is 5.82 Å². The largest absolute Gasteiger partial charge is 0.339 e. The van der Waals surface area contributed by atoms with Crippen LogP contribution >= 0.6 is 11.6 Å². The van der Waals surface area contributed by atoms with Gasteiger partial charge in [-0.1, -0.05) is 22.8 Å². The molecule has 1 atom stereocenters. The first-order chi connectivity index (χ1) is 12.0. The third-order valence-electron chi connectivity index (χ3n) is 4.03. The number of halogens is 1. The van der Waals surface area contributed by atoms with E-state index in [0.29, 0.717) is 23.2 Å². The number of hydrogen-bond acceptors (Lipinski definition) is 7. The number of likely N-dealkylation sites (N-methyl/N-ethyl adjacent to an activating group) is 1. The molecule has 1 saturated heterocycles. The Morgan fingerprint density at radius 1 is 1.48 bits per heavy atom. The van der Waals surface area contributed by atoms with Crippen LogP contribution in [0.3, 0.4) is 0 Å². The molecule has 0 radical (unpaired) electrons. The molecule has 25 heavy (non-hydrogen) atoms. The quantitative estimate of drug-likeness (QED) is 0.759. The second kappa shape index (κ2) is 7.79. The fourth-order valence-corrected chi connectivity index (χ4v) is 3.94. The van der Waals surface area contributed by atoms with E-state index in [2.05, 4.69) is 25.1 Å². The van der Waals surface area contributed by atoms with E-state index in [1.807, 2.05) is 7.05 Å². The van der Waals surface area contributed by atoms with E-state index in [1.54, 1.807) is 12.1 Å². The van der Waals surface area contributed by atoms with Crippen LogP contribution in [-0.2, 0) is 16.4 Å². The Morgan fingerprint density at radius 3 is 3.08 bits per heavy atom. The second-order valence-electron chi connectivity index (χ2n) is 5.85. The number of nitrogens with one attached hydrogen (secondary N) is 2. The molecule has 8 nitrogen and oxygen atoms in total. The topological polar surface area (TPSA) is 100 Å². The summed E-state index contributed by atoms with van der Waals surface area (Å²) < 4.78 is 32.2. The Morgan fingerprint density at radius 2 is 2.32 bits per heavy atom. The maximum absolute atomic E-state index is 12.2. The maximum Gasteiger partial charge on any atom is 0.240 e. The molecule has 136 valence electrons. The molecular weight excluding hydrogens is 366 g/mol. The van der Waals surface area contributed by atoms with Gasteiger partial charge < -0.3 is 9.84 Å². The number of nitrogens with zero attached hydrogens (tertiary/aromatic N) is 3. The normalized spacial score (nSPS) is 19.2. The summed E-state index contributed by atoms with van der Waals surface area (Å²) in [6.07, 6.45) is 0.316. The molecule has 0 spiro atoms. The number of aromatic nitrogens is 2. The molecule has 1 aliphatic heterocycles. The van der Waals surface area contributed by atoms with Crippen molar-refractivity contribution in [3.63, 3.8) is 0 Å². The van der Waals surface area contributed by atoms with Gasteiger partial charge >= 0.3 is 0 Å². The van der Waals surface area contributed by atoms with E-state index < -0.39 is 10.0 Å². The van der Waals surface area contributed by atoms with Crippen molar-refractivity contribution in [3.05, 3.63) is 41.0 Å². The number of rotatable bonds is 6. The predicted octanol–water partition coefficient (Wildman–Crippen LogP) is 0.820. The zero-order chi connectivity index (χ0) is 17.9. The SMILES string of the molecule is CN1CCNCC1c1noc(CCNS(=O)(=O)c2cccc(Cl)c2)n1. The van der Waals surface area contributed by atoms with Crippen molar-refractivity contribution in [2.75, 3.05) is 33.2 Å². The predicted molar refractivity (Wildman–Crippen MR) is 92.9 cm³/mol. The number of piperazine rings is 1. The summed E-state index contributed by atoms with van der Waals surface area (Å²) in [6.45, 7) is 2.77. The van der Waals surface area contributed by atoms with Crippen LogP contribution in [-0.4, -0.2) is 56.7 Å². The third-order valence-corrected chi connectivity index (χ3v) is 5.72. The van der Waals surface area contributed by atoms with Crippen LogP contribution in [0, 0.1) is 0 Å². The van der Waals surface area contributed by atoms with E-state index in [9.17, 15) is 8.42 Å². The van der Waals surface area contributed by atoms with E-state index in [-0.39, 0.29) is 17.5 Å². The molecule has 0 aliphatic carbocycles. The van der Waals surface area contributed by atoms with Gasteiger partial charge in [0.25, 0.3) is 0 Å². The first-order valence-corrected chi connectivity index (χ1v) is 9.80. The van der Waals surface area contributed by atoms with Crippen molar-refractivity contribution in [2.24, 2.45) is 0 Å². The van der Waals surface area contributed by atoms with Gasteiger partial charge in [-0.05, 0) is 25.2 Å². The Balaban J connectivity index is 1.57. The molecule has 1 aromatic carbocycles. The molecule has 1 fully saturated rings. The van der Waals surface area contributed by atoms with Crippen molar-refractivity contribution >= 4 is 21.6 Å². The van der Waals surface area contributed by atoms with Crippen LogP contribution in [0.5, 0.6) is 0 Å². The standard InChI is InChI=1S/C15H20ClN5O3S/c1-21-8-7-17-10-13(21)15-19-14(24-20-15)5-6-18-25(22,23)12-4-2-3-11(16)9-12/h2-4,9,13,17-18H,5-8,10H2,1H3.